The summed E-state index contributed by atoms with van der Waals surface area (Å²) in [5.41, 5.74) is 5.46. The molecule has 4 aromatic rings. The van der Waals surface area contributed by atoms with Gasteiger partial charge in [-0.05, 0) is 49.2 Å². The monoisotopic (exact) mass is 457 g/mol. The molecule has 1 N–H and O–H groups in total. The number of rotatable bonds is 5. The number of amides is 2. The number of carbonyl (C=O) groups is 2. The molecule has 5 nitrogen and oxygen atoms in total. The molecule has 33 heavy (non-hydrogen) atoms. The first-order valence-corrected chi connectivity index (χ1v) is 11.0. The fraction of sp³-hybridized carbons (Fsp3) is 0.148. The Morgan fingerprint density at radius 2 is 1.61 bits per heavy atom. The van der Waals surface area contributed by atoms with Gasteiger partial charge in [0.1, 0.15) is 0 Å². The van der Waals surface area contributed by atoms with Crippen LogP contribution in [0.1, 0.15) is 21.5 Å². The quantitative estimate of drug-likeness (QED) is 0.407. The molecule has 0 bridgehead atoms. The highest BCUT2D eigenvalue weighted by Gasteiger charge is 2.20. The van der Waals surface area contributed by atoms with E-state index >= 15 is 0 Å². The Balaban J connectivity index is 1.62. The molecular formula is C27H24ClN3O2. The van der Waals surface area contributed by atoms with E-state index in [1.54, 1.807) is 25.2 Å². The number of hydrogen-bond acceptors (Lipinski definition) is 3. The summed E-state index contributed by atoms with van der Waals surface area (Å²) in [6.07, 6.45) is 0. The van der Waals surface area contributed by atoms with Gasteiger partial charge in [-0.1, -0.05) is 60.1 Å². The second kappa shape index (κ2) is 9.43. The molecule has 166 valence electrons. The number of aryl methyl sites for hydroxylation is 2. The average Bonchev–Trinajstić information content (AvgIpc) is 2.80. The van der Waals surface area contributed by atoms with E-state index in [0.29, 0.717) is 21.8 Å². The number of pyridine rings is 1. The lowest BCUT2D eigenvalue weighted by atomic mass is 10.0. The standard InChI is InChI=1S/C27H24ClN3O2/c1-17-7-6-8-18(2)26(17)30-25(32)16-31(3)27(33)22-15-24(19-11-13-20(28)14-12-19)29-23-10-5-4-9-21(22)23/h4-15H,16H2,1-3H3,(H,30,32). The molecule has 0 fully saturated rings. The lowest BCUT2D eigenvalue weighted by Crippen LogP contribution is -2.35. The summed E-state index contributed by atoms with van der Waals surface area (Å²) in [6, 6.07) is 22.4. The Morgan fingerprint density at radius 3 is 2.30 bits per heavy atom. The van der Waals surface area contributed by atoms with Gasteiger partial charge in [-0.15, -0.1) is 0 Å². The maximum absolute atomic E-state index is 13.4. The van der Waals surface area contributed by atoms with E-state index in [9.17, 15) is 9.59 Å². The van der Waals surface area contributed by atoms with Gasteiger partial charge in [-0.3, -0.25) is 9.59 Å². The lowest BCUT2D eigenvalue weighted by Gasteiger charge is -2.19. The van der Waals surface area contributed by atoms with Gasteiger partial charge >= 0.3 is 0 Å². The molecule has 2 amide bonds. The Bertz CT molecular complexity index is 1330. The molecule has 6 heteroatoms. The highest BCUT2D eigenvalue weighted by Crippen LogP contribution is 2.27. The molecule has 0 saturated carbocycles. The van der Waals surface area contributed by atoms with Crippen molar-refractivity contribution in [3.63, 3.8) is 0 Å². The number of likely N-dealkylation sites (N-methyl/N-ethyl adjacent to an activating group) is 1. The molecule has 0 aliphatic heterocycles. The molecule has 3 aromatic carbocycles. The maximum atomic E-state index is 13.4. The number of nitrogens with zero attached hydrogens (tertiary/aromatic N) is 2. The van der Waals surface area contributed by atoms with Crippen molar-refractivity contribution in [3.05, 3.63) is 94.5 Å². The van der Waals surface area contributed by atoms with Crippen molar-refractivity contribution < 1.29 is 9.59 Å². The molecule has 0 aliphatic carbocycles. The van der Waals surface area contributed by atoms with E-state index in [4.69, 9.17) is 16.6 Å². The van der Waals surface area contributed by atoms with Crippen LogP contribution in [0.4, 0.5) is 5.69 Å². The summed E-state index contributed by atoms with van der Waals surface area (Å²) in [7, 11) is 1.63. The summed E-state index contributed by atoms with van der Waals surface area (Å²) in [5.74, 6) is -0.500. The van der Waals surface area contributed by atoms with Crippen molar-refractivity contribution in [1.82, 2.24) is 9.88 Å². The summed E-state index contributed by atoms with van der Waals surface area (Å²) in [5, 5.41) is 4.31. The van der Waals surface area contributed by atoms with Crippen LogP contribution in [-0.4, -0.2) is 35.3 Å². The summed E-state index contributed by atoms with van der Waals surface area (Å²) >= 11 is 6.02. The van der Waals surface area contributed by atoms with Crippen molar-refractivity contribution in [2.24, 2.45) is 0 Å². The van der Waals surface area contributed by atoms with Crippen LogP contribution in [0.25, 0.3) is 22.2 Å². The predicted molar refractivity (Wildman–Crippen MR) is 134 cm³/mol. The molecular weight excluding hydrogens is 434 g/mol. The van der Waals surface area contributed by atoms with E-state index in [0.717, 1.165) is 27.8 Å². The van der Waals surface area contributed by atoms with E-state index in [2.05, 4.69) is 5.32 Å². The highest BCUT2D eigenvalue weighted by atomic mass is 35.5. The zero-order valence-electron chi connectivity index (χ0n) is 18.7. The zero-order valence-corrected chi connectivity index (χ0v) is 19.5. The van der Waals surface area contributed by atoms with Gasteiger partial charge in [-0.2, -0.15) is 0 Å². The minimum atomic E-state index is -0.250. The van der Waals surface area contributed by atoms with Crippen LogP contribution < -0.4 is 5.32 Å². The topological polar surface area (TPSA) is 62.3 Å². The van der Waals surface area contributed by atoms with Gasteiger partial charge in [0.15, 0.2) is 0 Å². The minimum Gasteiger partial charge on any atom is -0.332 e. The smallest absolute Gasteiger partial charge is 0.254 e. The van der Waals surface area contributed by atoms with Crippen LogP contribution in [0.5, 0.6) is 0 Å². The van der Waals surface area contributed by atoms with Crippen molar-refractivity contribution in [2.75, 3.05) is 18.9 Å². The predicted octanol–water partition coefficient (Wildman–Crippen LogP) is 5.88. The SMILES string of the molecule is Cc1cccc(C)c1NC(=O)CN(C)C(=O)c1cc(-c2ccc(Cl)cc2)nc2ccccc12. The number of halogens is 1. The Kier molecular flexibility index (Phi) is 6.43. The van der Waals surface area contributed by atoms with E-state index in [1.807, 2.05) is 68.4 Å². The number of para-hydroxylation sites is 2. The third-order valence-electron chi connectivity index (χ3n) is 5.56. The zero-order chi connectivity index (χ0) is 23.5. The highest BCUT2D eigenvalue weighted by molar-refractivity contribution is 6.30. The van der Waals surface area contributed by atoms with E-state index in [-0.39, 0.29) is 18.4 Å². The Labute approximate surface area is 198 Å². The van der Waals surface area contributed by atoms with Gasteiger partial charge < -0.3 is 10.2 Å². The normalized spacial score (nSPS) is 10.8. The van der Waals surface area contributed by atoms with Gasteiger partial charge in [0.25, 0.3) is 5.91 Å². The first-order valence-electron chi connectivity index (χ1n) is 10.6. The van der Waals surface area contributed by atoms with Crippen LogP contribution >= 0.6 is 11.6 Å². The molecule has 0 spiro atoms. The van der Waals surface area contributed by atoms with Crippen LogP contribution in [0.3, 0.4) is 0 Å². The Hall–Kier alpha value is -3.70. The van der Waals surface area contributed by atoms with Crippen molar-refractivity contribution in [2.45, 2.75) is 13.8 Å². The van der Waals surface area contributed by atoms with E-state index < -0.39 is 0 Å². The van der Waals surface area contributed by atoms with E-state index in [1.165, 1.54) is 4.90 Å². The number of aromatic nitrogens is 1. The Morgan fingerprint density at radius 1 is 0.939 bits per heavy atom. The third kappa shape index (κ3) is 4.89. The largest absolute Gasteiger partial charge is 0.332 e. The van der Waals surface area contributed by atoms with Crippen LogP contribution in [0.15, 0.2) is 72.8 Å². The number of nitrogens with one attached hydrogen (secondary N) is 1. The minimum absolute atomic E-state index is 0.0699. The molecule has 0 radical (unpaired) electrons. The second-order valence-corrected chi connectivity index (χ2v) is 8.49. The van der Waals surface area contributed by atoms with Gasteiger partial charge in [-0.25, -0.2) is 4.98 Å². The summed E-state index contributed by atoms with van der Waals surface area (Å²) < 4.78 is 0. The van der Waals surface area contributed by atoms with Gasteiger partial charge in [0, 0.05) is 28.7 Å². The second-order valence-electron chi connectivity index (χ2n) is 8.06. The van der Waals surface area contributed by atoms with Crippen molar-refractivity contribution >= 4 is 40.0 Å². The third-order valence-corrected chi connectivity index (χ3v) is 5.81. The molecule has 0 atom stereocenters. The number of benzene rings is 3. The van der Waals surface area contributed by atoms with Gasteiger partial charge in [0.05, 0.1) is 23.3 Å². The molecule has 1 heterocycles. The van der Waals surface area contributed by atoms with Crippen molar-refractivity contribution in [1.29, 1.82) is 0 Å². The number of hydrogen-bond donors (Lipinski definition) is 1. The first-order chi connectivity index (χ1) is 15.8. The molecule has 4 rings (SSSR count). The van der Waals surface area contributed by atoms with Crippen molar-refractivity contribution in [3.8, 4) is 11.3 Å². The fourth-order valence-corrected chi connectivity index (χ4v) is 3.93. The number of carbonyl (C=O) groups excluding carboxylic acids is 2. The average molecular weight is 458 g/mol. The van der Waals surface area contributed by atoms with Gasteiger partial charge in [0.2, 0.25) is 5.91 Å². The van der Waals surface area contributed by atoms with Crippen LogP contribution in [-0.2, 0) is 4.79 Å². The maximum Gasteiger partial charge on any atom is 0.254 e. The van der Waals surface area contributed by atoms with Crippen LogP contribution in [0.2, 0.25) is 5.02 Å². The fourth-order valence-electron chi connectivity index (χ4n) is 3.80. The number of anilines is 1. The summed E-state index contributed by atoms with van der Waals surface area (Å²) in [4.78, 5) is 32.3. The lowest BCUT2D eigenvalue weighted by molar-refractivity contribution is -0.116. The molecule has 0 saturated heterocycles. The molecule has 0 unspecified atom stereocenters. The number of fused-ring (bicyclic) bond motifs is 1. The molecule has 0 aliphatic rings. The first kappa shape index (κ1) is 22.5. The van der Waals surface area contributed by atoms with Crippen LogP contribution in [0, 0.1) is 13.8 Å². The summed E-state index contributed by atoms with van der Waals surface area (Å²) in [6.45, 7) is 3.82. The molecule has 1 aromatic heterocycles.